The van der Waals surface area contributed by atoms with Gasteiger partial charge in [0, 0.05) is 17.6 Å². The molecule has 1 aromatic carbocycles. The molecular formula is C12H17BrN2O3S. The van der Waals surface area contributed by atoms with E-state index in [2.05, 4.69) is 20.7 Å². The van der Waals surface area contributed by atoms with Crippen molar-refractivity contribution in [3.8, 4) is 5.75 Å². The molecule has 2 rings (SSSR count). The zero-order valence-corrected chi connectivity index (χ0v) is 13.1. The van der Waals surface area contributed by atoms with Crippen molar-refractivity contribution in [1.82, 2.24) is 4.31 Å². The third kappa shape index (κ3) is 3.61. The topological polar surface area (TPSA) is 58.6 Å². The predicted molar refractivity (Wildman–Crippen MR) is 78.7 cm³/mol. The lowest BCUT2D eigenvalue weighted by atomic mass is 10.2. The fourth-order valence-corrected chi connectivity index (χ4v) is 3.74. The lowest BCUT2D eigenvalue weighted by Gasteiger charge is -2.26. The SMILES string of the molecule is COc1ccc(Br)cc1NS(=O)(=O)N1CCCCC1. The quantitative estimate of drug-likeness (QED) is 0.909. The molecule has 0 spiro atoms. The van der Waals surface area contributed by atoms with Crippen LogP contribution in [0.1, 0.15) is 19.3 Å². The van der Waals surface area contributed by atoms with E-state index < -0.39 is 10.2 Å². The first-order valence-corrected chi connectivity index (χ1v) is 8.37. The number of piperidine rings is 1. The lowest BCUT2D eigenvalue weighted by Crippen LogP contribution is -2.39. The Kier molecular flexibility index (Phi) is 4.70. The molecule has 0 atom stereocenters. The second kappa shape index (κ2) is 6.11. The first-order valence-electron chi connectivity index (χ1n) is 6.14. The summed E-state index contributed by atoms with van der Waals surface area (Å²) < 4.78 is 34.6. The minimum absolute atomic E-state index is 0.447. The highest BCUT2D eigenvalue weighted by molar-refractivity contribution is 9.10. The Bertz CT molecular complexity index is 542. The highest BCUT2D eigenvalue weighted by atomic mass is 79.9. The van der Waals surface area contributed by atoms with Crippen molar-refractivity contribution in [2.24, 2.45) is 0 Å². The van der Waals surface area contributed by atoms with Crippen LogP contribution in [0.15, 0.2) is 22.7 Å². The van der Waals surface area contributed by atoms with Crippen molar-refractivity contribution >= 4 is 31.8 Å². The fourth-order valence-electron chi connectivity index (χ4n) is 2.07. The normalized spacial score (nSPS) is 17.2. The van der Waals surface area contributed by atoms with E-state index in [-0.39, 0.29) is 0 Å². The Labute approximate surface area is 122 Å². The number of benzene rings is 1. The van der Waals surface area contributed by atoms with Crippen LogP contribution in [0.4, 0.5) is 5.69 Å². The smallest absolute Gasteiger partial charge is 0.301 e. The van der Waals surface area contributed by atoms with Gasteiger partial charge in [0.25, 0.3) is 0 Å². The predicted octanol–water partition coefficient (Wildman–Crippen LogP) is 2.60. The standard InChI is InChI=1S/C12H17BrN2O3S/c1-18-12-6-5-10(13)9-11(12)14-19(16,17)15-7-3-2-4-8-15/h5-6,9,14H,2-4,7-8H2,1H3. The molecule has 1 aliphatic rings. The monoisotopic (exact) mass is 348 g/mol. The zero-order chi connectivity index (χ0) is 13.9. The maximum absolute atomic E-state index is 12.3. The number of ether oxygens (including phenoxy) is 1. The summed E-state index contributed by atoms with van der Waals surface area (Å²) in [5, 5.41) is 0. The third-order valence-corrected chi connectivity index (χ3v) is 5.07. The number of hydrogen-bond donors (Lipinski definition) is 1. The first kappa shape index (κ1) is 14.6. The molecule has 7 heteroatoms. The fraction of sp³-hybridized carbons (Fsp3) is 0.500. The van der Waals surface area contributed by atoms with Crippen LogP contribution in [-0.2, 0) is 10.2 Å². The van der Waals surface area contributed by atoms with Gasteiger partial charge in [-0.2, -0.15) is 12.7 Å². The van der Waals surface area contributed by atoms with Crippen LogP contribution in [-0.4, -0.2) is 32.9 Å². The van der Waals surface area contributed by atoms with Gasteiger partial charge in [-0.1, -0.05) is 22.4 Å². The number of rotatable bonds is 4. The van der Waals surface area contributed by atoms with E-state index in [1.165, 1.54) is 11.4 Å². The number of methoxy groups -OCH3 is 1. The van der Waals surface area contributed by atoms with Crippen LogP contribution < -0.4 is 9.46 Å². The summed E-state index contributed by atoms with van der Waals surface area (Å²) in [7, 11) is -1.99. The number of anilines is 1. The molecule has 1 fully saturated rings. The van der Waals surface area contributed by atoms with Crippen molar-refractivity contribution in [2.75, 3.05) is 24.9 Å². The van der Waals surface area contributed by atoms with Gasteiger partial charge in [-0.15, -0.1) is 0 Å². The first-order chi connectivity index (χ1) is 9.03. The second-order valence-corrected chi connectivity index (χ2v) is 7.00. The van der Waals surface area contributed by atoms with Gasteiger partial charge in [-0.05, 0) is 31.0 Å². The van der Waals surface area contributed by atoms with E-state index in [4.69, 9.17) is 4.74 Å². The summed E-state index contributed by atoms with van der Waals surface area (Å²) >= 11 is 3.33. The average Bonchev–Trinajstić information content (AvgIpc) is 2.39. The van der Waals surface area contributed by atoms with Gasteiger partial charge in [0.05, 0.1) is 12.8 Å². The maximum atomic E-state index is 12.3. The summed E-state index contributed by atoms with van der Waals surface area (Å²) in [5.74, 6) is 0.504. The molecule has 0 saturated carbocycles. The summed E-state index contributed by atoms with van der Waals surface area (Å²) in [6.07, 6.45) is 2.92. The second-order valence-electron chi connectivity index (χ2n) is 4.41. The van der Waals surface area contributed by atoms with Gasteiger partial charge >= 0.3 is 10.2 Å². The van der Waals surface area contributed by atoms with Crippen LogP contribution in [0.3, 0.4) is 0 Å². The molecule has 0 bridgehead atoms. The molecule has 1 aliphatic heterocycles. The van der Waals surface area contributed by atoms with E-state index in [0.29, 0.717) is 24.5 Å². The van der Waals surface area contributed by atoms with Crippen molar-refractivity contribution in [3.05, 3.63) is 22.7 Å². The Balaban J connectivity index is 2.21. The van der Waals surface area contributed by atoms with E-state index in [0.717, 1.165) is 23.7 Å². The van der Waals surface area contributed by atoms with E-state index in [9.17, 15) is 8.42 Å². The molecule has 0 aliphatic carbocycles. The number of nitrogens with zero attached hydrogens (tertiary/aromatic N) is 1. The van der Waals surface area contributed by atoms with Gasteiger partial charge in [-0.25, -0.2) is 0 Å². The summed E-state index contributed by atoms with van der Waals surface area (Å²) in [4.78, 5) is 0. The molecule has 1 N–H and O–H groups in total. The van der Waals surface area contributed by atoms with Gasteiger partial charge in [0.2, 0.25) is 0 Å². The average molecular weight is 349 g/mol. The molecule has 1 heterocycles. The molecule has 0 radical (unpaired) electrons. The highest BCUT2D eigenvalue weighted by Gasteiger charge is 2.24. The van der Waals surface area contributed by atoms with E-state index >= 15 is 0 Å². The van der Waals surface area contributed by atoms with Crippen LogP contribution in [0, 0.1) is 0 Å². The van der Waals surface area contributed by atoms with Crippen molar-refractivity contribution in [1.29, 1.82) is 0 Å². The zero-order valence-electron chi connectivity index (χ0n) is 10.7. The Morgan fingerprint density at radius 3 is 2.58 bits per heavy atom. The molecule has 0 amide bonds. The molecule has 1 saturated heterocycles. The molecule has 1 aromatic rings. The molecule has 106 valence electrons. The Hall–Kier alpha value is -0.790. The third-order valence-electron chi connectivity index (χ3n) is 3.06. The minimum Gasteiger partial charge on any atom is -0.495 e. The molecule has 0 aromatic heterocycles. The van der Waals surface area contributed by atoms with Gasteiger partial charge < -0.3 is 4.74 Å². The van der Waals surface area contributed by atoms with E-state index in [1.54, 1.807) is 18.2 Å². The van der Waals surface area contributed by atoms with Crippen LogP contribution in [0.5, 0.6) is 5.75 Å². The summed E-state index contributed by atoms with van der Waals surface area (Å²) in [6, 6.07) is 5.22. The number of nitrogens with one attached hydrogen (secondary N) is 1. The van der Waals surface area contributed by atoms with Crippen molar-refractivity contribution < 1.29 is 13.2 Å². The lowest BCUT2D eigenvalue weighted by molar-refractivity contribution is 0.348. The van der Waals surface area contributed by atoms with Crippen molar-refractivity contribution in [2.45, 2.75) is 19.3 Å². The largest absolute Gasteiger partial charge is 0.495 e. The van der Waals surface area contributed by atoms with Crippen LogP contribution in [0.2, 0.25) is 0 Å². The Morgan fingerprint density at radius 1 is 1.26 bits per heavy atom. The number of hydrogen-bond acceptors (Lipinski definition) is 3. The molecule has 0 unspecified atom stereocenters. The Morgan fingerprint density at radius 2 is 1.95 bits per heavy atom. The maximum Gasteiger partial charge on any atom is 0.301 e. The number of halogens is 1. The van der Waals surface area contributed by atoms with Gasteiger partial charge in [0.1, 0.15) is 5.75 Å². The molecular weight excluding hydrogens is 332 g/mol. The molecule has 19 heavy (non-hydrogen) atoms. The van der Waals surface area contributed by atoms with Crippen LogP contribution >= 0.6 is 15.9 Å². The van der Waals surface area contributed by atoms with Gasteiger partial charge in [0.15, 0.2) is 0 Å². The highest BCUT2D eigenvalue weighted by Crippen LogP contribution is 2.29. The molecule has 5 nitrogen and oxygen atoms in total. The van der Waals surface area contributed by atoms with Gasteiger partial charge in [-0.3, -0.25) is 4.72 Å². The van der Waals surface area contributed by atoms with Crippen LogP contribution in [0.25, 0.3) is 0 Å². The minimum atomic E-state index is -3.50. The van der Waals surface area contributed by atoms with Crippen molar-refractivity contribution in [3.63, 3.8) is 0 Å². The summed E-state index contributed by atoms with van der Waals surface area (Å²) in [6.45, 7) is 1.15. The summed E-state index contributed by atoms with van der Waals surface area (Å²) in [5.41, 5.74) is 0.447. The van der Waals surface area contributed by atoms with E-state index in [1.807, 2.05) is 0 Å².